The fourth-order valence-corrected chi connectivity index (χ4v) is 3.11. The van der Waals surface area contributed by atoms with Crippen molar-refractivity contribution in [3.63, 3.8) is 0 Å². The zero-order chi connectivity index (χ0) is 9.14. The van der Waals surface area contributed by atoms with E-state index < -0.39 is 0 Å². The van der Waals surface area contributed by atoms with Crippen molar-refractivity contribution in [1.29, 1.82) is 0 Å². The molecule has 72 valence electrons. The number of rotatable bonds is 1. The molecule has 0 aromatic heterocycles. The summed E-state index contributed by atoms with van der Waals surface area (Å²) in [5.74, 6) is 4.32. The van der Waals surface area contributed by atoms with E-state index >= 15 is 0 Å². The number of hydrogen-bond acceptors (Lipinski definition) is 0. The molecule has 2 aliphatic carbocycles. The molecule has 2 aliphatic rings. The van der Waals surface area contributed by atoms with Crippen LogP contribution >= 0.6 is 0 Å². The van der Waals surface area contributed by atoms with Crippen LogP contribution in [0, 0.1) is 23.7 Å². The molecule has 3 atom stereocenters. The molecule has 2 saturated carbocycles. The molecule has 0 amide bonds. The van der Waals surface area contributed by atoms with E-state index in [9.17, 15) is 0 Å². The molecule has 0 aromatic rings. The van der Waals surface area contributed by atoms with E-state index in [-0.39, 0.29) is 0 Å². The standard InChI is InChI=1S/C10H18.C2H6/c1-7(2)10-6-8-3-4-9(10)5-8;1-2/h7-10H,3-6H2,1-2H3;1-2H3. The van der Waals surface area contributed by atoms with Gasteiger partial charge in [0.05, 0.1) is 0 Å². The third kappa shape index (κ3) is 1.84. The Balaban J connectivity index is 0.000000336. The van der Waals surface area contributed by atoms with E-state index in [1.54, 1.807) is 25.7 Å². The van der Waals surface area contributed by atoms with E-state index in [1.165, 1.54) is 0 Å². The van der Waals surface area contributed by atoms with Gasteiger partial charge in [-0.15, -0.1) is 0 Å². The Hall–Kier alpha value is 0. The highest BCUT2D eigenvalue weighted by atomic mass is 14.5. The first-order chi connectivity index (χ1) is 5.77. The molecule has 0 N–H and O–H groups in total. The Morgan fingerprint density at radius 1 is 1.00 bits per heavy atom. The van der Waals surface area contributed by atoms with Crippen LogP contribution in [0.5, 0.6) is 0 Å². The van der Waals surface area contributed by atoms with Crippen molar-refractivity contribution in [2.75, 3.05) is 0 Å². The van der Waals surface area contributed by atoms with Gasteiger partial charge in [-0.1, -0.05) is 34.1 Å². The van der Waals surface area contributed by atoms with Gasteiger partial charge in [0.25, 0.3) is 0 Å². The van der Waals surface area contributed by atoms with Crippen LogP contribution in [0.25, 0.3) is 0 Å². The summed E-state index contributed by atoms with van der Waals surface area (Å²) in [5.41, 5.74) is 0. The lowest BCUT2D eigenvalue weighted by Gasteiger charge is -2.24. The van der Waals surface area contributed by atoms with Crippen molar-refractivity contribution in [2.45, 2.75) is 53.4 Å². The average molecular weight is 168 g/mol. The molecule has 0 aliphatic heterocycles. The third-order valence-corrected chi connectivity index (χ3v) is 3.65. The van der Waals surface area contributed by atoms with Crippen LogP contribution in [-0.4, -0.2) is 0 Å². The molecule has 2 rings (SSSR count). The fraction of sp³-hybridized carbons (Fsp3) is 1.00. The highest BCUT2D eigenvalue weighted by molar-refractivity contribution is 4.90. The van der Waals surface area contributed by atoms with Gasteiger partial charge in [0, 0.05) is 0 Å². The molecular weight excluding hydrogens is 144 g/mol. The normalized spacial score (nSPS) is 38.2. The van der Waals surface area contributed by atoms with Gasteiger partial charge in [-0.3, -0.25) is 0 Å². The Kier molecular flexibility index (Phi) is 3.61. The Morgan fingerprint density at radius 3 is 1.92 bits per heavy atom. The second kappa shape index (κ2) is 4.30. The van der Waals surface area contributed by atoms with E-state index in [4.69, 9.17) is 0 Å². The van der Waals surface area contributed by atoms with Crippen molar-refractivity contribution >= 4 is 0 Å². The minimum atomic E-state index is 0.954. The van der Waals surface area contributed by atoms with Crippen LogP contribution < -0.4 is 0 Å². The lowest BCUT2D eigenvalue weighted by molar-refractivity contribution is 0.256. The summed E-state index contributed by atoms with van der Waals surface area (Å²) >= 11 is 0. The first-order valence-corrected chi connectivity index (χ1v) is 5.77. The molecule has 0 nitrogen and oxygen atoms in total. The Morgan fingerprint density at radius 2 is 1.67 bits per heavy atom. The SMILES string of the molecule is CC.CC(C)C1CC2CCC1C2. The molecule has 0 aromatic carbocycles. The zero-order valence-electron chi connectivity index (χ0n) is 9.14. The van der Waals surface area contributed by atoms with Gasteiger partial charge in [0.1, 0.15) is 0 Å². The van der Waals surface area contributed by atoms with Crippen molar-refractivity contribution in [1.82, 2.24) is 0 Å². The number of hydrogen-bond donors (Lipinski definition) is 0. The molecule has 0 heterocycles. The molecule has 0 radical (unpaired) electrons. The van der Waals surface area contributed by atoms with Crippen molar-refractivity contribution in [3.8, 4) is 0 Å². The highest BCUT2D eigenvalue weighted by Gasteiger charge is 2.40. The maximum Gasteiger partial charge on any atom is -0.0360 e. The van der Waals surface area contributed by atoms with Gasteiger partial charge in [-0.2, -0.15) is 0 Å². The molecule has 3 unspecified atom stereocenters. The molecule has 0 heteroatoms. The van der Waals surface area contributed by atoms with E-state index in [0.717, 1.165) is 23.7 Å². The summed E-state index contributed by atoms with van der Waals surface area (Å²) in [5, 5.41) is 0. The van der Waals surface area contributed by atoms with Crippen LogP contribution in [0.1, 0.15) is 53.4 Å². The predicted molar refractivity (Wildman–Crippen MR) is 55.1 cm³/mol. The Bertz CT molecular complexity index is 126. The minimum Gasteiger partial charge on any atom is -0.0683 e. The zero-order valence-corrected chi connectivity index (χ0v) is 9.14. The molecule has 0 spiro atoms. The number of fused-ring (bicyclic) bond motifs is 2. The van der Waals surface area contributed by atoms with E-state index in [0.29, 0.717) is 0 Å². The topological polar surface area (TPSA) is 0 Å². The van der Waals surface area contributed by atoms with Gasteiger partial charge in [-0.25, -0.2) is 0 Å². The molecule has 0 saturated heterocycles. The quantitative estimate of drug-likeness (QED) is 0.553. The largest absolute Gasteiger partial charge is 0.0683 e. The second-order valence-electron chi connectivity index (χ2n) is 4.58. The van der Waals surface area contributed by atoms with Gasteiger partial charge in [0.2, 0.25) is 0 Å². The van der Waals surface area contributed by atoms with Gasteiger partial charge >= 0.3 is 0 Å². The second-order valence-corrected chi connectivity index (χ2v) is 4.58. The summed E-state index contributed by atoms with van der Waals surface area (Å²) in [6.07, 6.45) is 6.23. The molecule has 2 bridgehead atoms. The van der Waals surface area contributed by atoms with E-state index in [2.05, 4.69) is 13.8 Å². The van der Waals surface area contributed by atoms with E-state index in [1.807, 2.05) is 13.8 Å². The van der Waals surface area contributed by atoms with Gasteiger partial charge in [0.15, 0.2) is 0 Å². The summed E-state index contributed by atoms with van der Waals surface area (Å²) in [7, 11) is 0. The maximum atomic E-state index is 2.39. The van der Waals surface area contributed by atoms with Crippen LogP contribution in [0.15, 0.2) is 0 Å². The predicted octanol–water partition coefficient (Wildman–Crippen LogP) is 4.10. The first-order valence-electron chi connectivity index (χ1n) is 5.77. The van der Waals surface area contributed by atoms with Crippen LogP contribution in [0.2, 0.25) is 0 Å². The van der Waals surface area contributed by atoms with Crippen molar-refractivity contribution in [3.05, 3.63) is 0 Å². The van der Waals surface area contributed by atoms with Gasteiger partial charge in [-0.05, 0) is 42.9 Å². The Labute approximate surface area is 77.7 Å². The van der Waals surface area contributed by atoms with Crippen LogP contribution in [0.3, 0.4) is 0 Å². The van der Waals surface area contributed by atoms with Crippen molar-refractivity contribution in [2.24, 2.45) is 23.7 Å². The average Bonchev–Trinajstić information content (AvgIpc) is 2.67. The van der Waals surface area contributed by atoms with Gasteiger partial charge < -0.3 is 0 Å². The molecular formula is C12H24. The lowest BCUT2D eigenvalue weighted by atomic mass is 9.81. The summed E-state index contributed by atoms with van der Waals surface area (Å²) in [6.45, 7) is 8.79. The fourth-order valence-electron chi connectivity index (χ4n) is 3.11. The maximum absolute atomic E-state index is 2.39. The summed E-state index contributed by atoms with van der Waals surface area (Å²) in [4.78, 5) is 0. The van der Waals surface area contributed by atoms with Crippen molar-refractivity contribution < 1.29 is 0 Å². The summed E-state index contributed by atoms with van der Waals surface area (Å²) in [6, 6.07) is 0. The molecule has 2 fully saturated rings. The highest BCUT2D eigenvalue weighted by Crippen LogP contribution is 2.50. The van der Waals surface area contributed by atoms with Crippen LogP contribution in [0.4, 0.5) is 0 Å². The summed E-state index contributed by atoms with van der Waals surface area (Å²) < 4.78 is 0. The third-order valence-electron chi connectivity index (χ3n) is 3.65. The smallest absolute Gasteiger partial charge is 0.0360 e. The first kappa shape index (κ1) is 10.1. The monoisotopic (exact) mass is 168 g/mol. The molecule has 12 heavy (non-hydrogen) atoms. The minimum absolute atomic E-state index is 0.954. The lowest BCUT2D eigenvalue weighted by Crippen LogP contribution is -2.15. The van der Waals surface area contributed by atoms with Crippen LogP contribution in [-0.2, 0) is 0 Å².